The molecule has 10 heteroatoms. The Morgan fingerprint density at radius 3 is 2.66 bits per heavy atom. The molecule has 2 N–H and O–H groups in total. The highest BCUT2D eigenvalue weighted by molar-refractivity contribution is 14.0. The van der Waals surface area contributed by atoms with Gasteiger partial charge in [-0.05, 0) is 17.9 Å². The molecule has 0 aromatic heterocycles. The molecule has 0 spiro atoms. The maximum absolute atomic E-state index is 10.8. The van der Waals surface area contributed by atoms with Gasteiger partial charge in [-0.1, -0.05) is 26.0 Å². The standard InChI is InChI=1S/C22H35N5O4.HI/c1-17(2)14-26-8-10-31-21(15-26)13-25-22(24-12-19-7-9-30-16-19)23-11-18-3-5-20(6-4-18)27(28)29;/h3-6,17,19,21H,7-16H2,1-2H3,(H2,23,24,25);1H. The van der Waals surface area contributed by atoms with Crippen LogP contribution in [0, 0.1) is 22.0 Å². The van der Waals surface area contributed by atoms with Crippen molar-refractivity contribution in [2.24, 2.45) is 16.8 Å². The minimum absolute atomic E-state index is 0. The molecule has 2 unspecified atom stereocenters. The van der Waals surface area contributed by atoms with Gasteiger partial charge in [-0.25, -0.2) is 4.99 Å². The SMILES string of the molecule is CC(C)CN1CCOC(CNC(=NCc2ccc([N+](=O)[O-])cc2)NCC2CCOC2)C1.I. The van der Waals surface area contributed by atoms with Crippen molar-refractivity contribution in [3.63, 3.8) is 0 Å². The number of ether oxygens (including phenoxy) is 2. The lowest BCUT2D eigenvalue weighted by atomic mass is 10.1. The van der Waals surface area contributed by atoms with Crippen LogP contribution in [0.4, 0.5) is 5.69 Å². The van der Waals surface area contributed by atoms with Crippen molar-refractivity contribution >= 4 is 35.6 Å². The lowest BCUT2D eigenvalue weighted by molar-refractivity contribution is -0.384. The summed E-state index contributed by atoms with van der Waals surface area (Å²) >= 11 is 0. The third kappa shape index (κ3) is 9.16. The molecule has 0 aliphatic carbocycles. The van der Waals surface area contributed by atoms with E-state index in [-0.39, 0.29) is 35.8 Å². The monoisotopic (exact) mass is 561 g/mol. The Balaban J connectivity index is 0.00000363. The first kappa shape index (κ1) is 26.7. The normalized spacial score (nSPS) is 21.9. The molecule has 0 saturated carbocycles. The number of nitrogens with one attached hydrogen (secondary N) is 2. The summed E-state index contributed by atoms with van der Waals surface area (Å²) in [5.41, 5.74) is 1.01. The van der Waals surface area contributed by atoms with E-state index in [1.165, 1.54) is 12.1 Å². The van der Waals surface area contributed by atoms with Gasteiger partial charge in [0.1, 0.15) is 0 Å². The molecular weight excluding hydrogens is 525 g/mol. The third-order valence-corrected chi connectivity index (χ3v) is 5.49. The number of hydrogen-bond acceptors (Lipinski definition) is 6. The molecule has 2 atom stereocenters. The minimum Gasteiger partial charge on any atom is -0.381 e. The second-order valence-electron chi connectivity index (χ2n) is 8.73. The van der Waals surface area contributed by atoms with E-state index in [1.807, 2.05) is 0 Å². The fraction of sp³-hybridized carbons (Fsp3) is 0.682. The third-order valence-electron chi connectivity index (χ3n) is 5.49. The van der Waals surface area contributed by atoms with Crippen molar-refractivity contribution in [2.45, 2.75) is 32.9 Å². The topological polar surface area (TPSA) is 101 Å². The molecule has 32 heavy (non-hydrogen) atoms. The fourth-order valence-corrected chi connectivity index (χ4v) is 3.85. The highest BCUT2D eigenvalue weighted by Gasteiger charge is 2.21. The van der Waals surface area contributed by atoms with Crippen LogP contribution in [0.25, 0.3) is 0 Å². The van der Waals surface area contributed by atoms with Gasteiger partial charge in [0.2, 0.25) is 0 Å². The maximum Gasteiger partial charge on any atom is 0.269 e. The molecule has 0 amide bonds. The molecule has 0 bridgehead atoms. The van der Waals surface area contributed by atoms with Gasteiger partial charge in [-0.3, -0.25) is 15.0 Å². The first-order valence-corrected chi connectivity index (χ1v) is 11.2. The molecule has 2 heterocycles. The second-order valence-corrected chi connectivity index (χ2v) is 8.73. The molecule has 3 rings (SSSR count). The van der Waals surface area contributed by atoms with E-state index in [4.69, 9.17) is 14.5 Å². The van der Waals surface area contributed by atoms with Crippen LogP contribution in [0.5, 0.6) is 0 Å². The number of nitrogens with zero attached hydrogens (tertiary/aromatic N) is 3. The van der Waals surface area contributed by atoms with Gasteiger partial charge < -0.3 is 20.1 Å². The quantitative estimate of drug-likeness (QED) is 0.157. The Morgan fingerprint density at radius 2 is 2.00 bits per heavy atom. The van der Waals surface area contributed by atoms with Gasteiger partial charge in [-0.2, -0.15) is 0 Å². The number of benzene rings is 1. The summed E-state index contributed by atoms with van der Waals surface area (Å²) in [6.07, 6.45) is 1.17. The molecule has 2 fully saturated rings. The molecular formula is C22H36IN5O4. The predicted octanol–water partition coefficient (Wildman–Crippen LogP) is 2.64. The van der Waals surface area contributed by atoms with Gasteiger partial charge in [0, 0.05) is 57.4 Å². The number of aliphatic imine (C=N–C) groups is 1. The summed E-state index contributed by atoms with van der Waals surface area (Å²) in [6, 6.07) is 6.52. The molecule has 2 aliphatic rings. The van der Waals surface area contributed by atoms with Crippen molar-refractivity contribution in [1.82, 2.24) is 15.5 Å². The number of nitro groups is 1. The van der Waals surface area contributed by atoms with Crippen molar-refractivity contribution < 1.29 is 14.4 Å². The van der Waals surface area contributed by atoms with Crippen LogP contribution in [0.15, 0.2) is 29.3 Å². The van der Waals surface area contributed by atoms with Crippen LogP contribution in [0.2, 0.25) is 0 Å². The van der Waals surface area contributed by atoms with Crippen LogP contribution < -0.4 is 10.6 Å². The van der Waals surface area contributed by atoms with Gasteiger partial charge in [0.05, 0.1) is 30.8 Å². The maximum atomic E-state index is 10.8. The Hall–Kier alpha value is -1.50. The van der Waals surface area contributed by atoms with Crippen molar-refractivity contribution in [3.8, 4) is 0 Å². The van der Waals surface area contributed by atoms with Crippen LogP contribution >= 0.6 is 24.0 Å². The number of nitro benzene ring substituents is 1. The van der Waals surface area contributed by atoms with Crippen molar-refractivity contribution in [1.29, 1.82) is 0 Å². The summed E-state index contributed by atoms with van der Waals surface area (Å²) in [5, 5.41) is 17.7. The lowest BCUT2D eigenvalue weighted by Gasteiger charge is -2.34. The van der Waals surface area contributed by atoms with Crippen LogP contribution in [-0.4, -0.2) is 74.4 Å². The van der Waals surface area contributed by atoms with E-state index < -0.39 is 4.92 Å². The molecule has 1 aromatic carbocycles. The van der Waals surface area contributed by atoms with Gasteiger partial charge in [-0.15, -0.1) is 24.0 Å². The number of rotatable bonds is 9. The first-order valence-electron chi connectivity index (χ1n) is 11.2. The van der Waals surface area contributed by atoms with E-state index in [2.05, 4.69) is 29.4 Å². The Morgan fingerprint density at radius 1 is 1.25 bits per heavy atom. The molecule has 2 saturated heterocycles. The smallest absolute Gasteiger partial charge is 0.269 e. The zero-order valence-corrected chi connectivity index (χ0v) is 21.3. The van der Waals surface area contributed by atoms with E-state index >= 15 is 0 Å². The fourth-order valence-electron chi connectivity index (χ4n) is 3.85. The number of hydrogen-bond donors (Lipinski definition) is 2. The Kier molecular flexibility index (Phi) is 11.6. The average molecular weight is 561 g/mol. The molecule has 1 aromatic rings. The molecule has 0 radical (unpaired) electrons. The van der Waals surface area contributed by atoms with E-state index in [1.54, 1.807) is 12.1 Å². The minimum atomic E-state index is -0.391. The van der Waals surface area contributed by atoms with Gasteiger partial charge in [0.15, 0.2) is 5.96 Å². The number of non-ortho nitro benzene ring substituents is 1. The first-order chi connectivity index (χ1) is 15.0. The molecule has 9 nitrogen and oxygen atoms in total. The number of halogens is 1. The number of morpholine rings is 1. The summed E-state index contributed by atoms with van der Waals surface area (Å²) in [4.78, 5) is 17.6. The largest absolute Gasteiger partial charge is 0.381 e. The molecule has 180 valence electrons. The lowest BCUT2D eigenvalue weighted by Crippen LogP contribution is -2.50. The Bertz CT molecular complexity index is 726. The highest BCUT2D eigenvalue weighted by Crippen LogP contribution is 2.13. The van der Waals surface area contributed by atoms with Crippen LogP contribution in [0.3, 0.4) is 0 Å². The van der Waals surface area contributed by atoms with Crippen molar-refractivity contribution in [2.75, 3.05) is 52.5 Å². The Labute approximate surface area is 207 Å². The summed E-state index contributed by atoms with van der Waals surface area (Å²) in [7, 11) is 0. The summed E-state index contributed by atoms with van der Waals surface area (Å²) < 4.78 is 11.4. The summed E-state index contributed by atoms with van der Waals surface area (Å²) in [6.45, 7) is 11.7. The van der Waals surface area contributed by atoms with Gasteiger partial charge in [0.25, 0.3) is 5.69 Å². The second kappa shape index (κ2) is 13.9. The molecule has 2 aliphatic heterocycles. The average Bonchev–Trinajstić information content (AvgIpc) is 3.27. The van der Waals surface area contributed by atoms with E-state index in [0.29, 0.717) is 24.9 Å². The summed E-state index contributed by atoms with van der Waals surface area (Å²) in [5.74, 6) is 1.86. The number of guanidine groups is 1. The zero-order chi connectivity index (χ0) is 22.1. The van der Waals surface area contributed by atoms with Gasteiger partial charge >= 0.3 is 0 Å². The predicted molar refractivity (Wildman–Crippen MR) is 136 cm³/mol. The zero-order valence-electron chi connectivity index (χ0n) is 19.0. The van der Waals surface area contributed by atoms with E-state index in [0.717, 1.165) is 63.9 Å². The van der Waals surface area contributed by atoms with Crippen LogP contribution in [-0.2, 0) is 16.0 Å². The van der Waals surface area contributed by atoms with Crippen molar-refractivity contribution in [3.05, 3.63) is 39.9 Å². The highest BCUT2D eigenvalue weighted by atomic mass is 127. The van der Waals surface area contributed by atoms with E-state index in [9.17, 15) is 10.1 Å². The van der Waals surface area contributed by atoms with Crippen LogP contribution in [0.1, 0.15) is 25.8 Å².